The van der Waals surface area contributed by atoms with Gasteiger partial charge in [0.2, 0.25) is 0 Å². The Hall–Kier alpha value is -2.58. The van der Waals surface area contributed by atoms with Crippen LogP contribution in [-0.2, 0) is 25.4 Å². The molecule has 142 valence electrons. The van der Waals surface area contributed by atoms with Crippen molar-refractivity contribution in [3.8, 4) is 0 Å². The number of hydrogen-bond donors (Lipinski definition) is 0. The predicted octanol–water partition coefficient (Wildman–Crippen LogP) is 3.88. The highest BCUT2D eigenvalue weighted by Crippen LogP contribution is 2.33. The van der Waals surface area contributed by atoms with Crippen molar-refractivity contribution in [2.24, 2.45) is 14.1 Å². The van der Waals surface area contributed by atoms with Crippen molar-refractivity contribution in [3.05, 3.63) is 73.5 Å². The lowest BCUT2D eigenvalue weighted by molar-refractivity contribution is -0.123. The number of thioether (sulfide) groups is 1. The van der Waals surface area contributed by atoms with E-state index in [2.05, 4.69) is 15.9 Å². The van der Waals surface area contributed by atoms with Gasteiger partial charge < -0.3 is 0 Å². The molecule has 0 radical (unpaired) electrons. The molecule has 1 aromatic heterocycles. The molecule has 0 spiro atoms. The van der Waals surface area contributed by atoms with E-state index in [1.54, 1.807) is 29.3 Å². The molecule has 6 nitrogen and oxygen atoms in total. The Morgan fingerprint density at radius 2 is 1.75 bits per heavy atom. The number of hydrogen-bond acceptors (Lipinski definition) is 4. The second kappa shape index (κ2) is 7.10. The normalized spacial score (nSPS) is 16.0. The molecule has 2 heterocycles. The Morgan fingerprint density at radius 3 is 2.50 bits per heavy atom. The number of carbonyl (C=O) groups is 2. The molecular weight excluding hydrogens is 442 g/mol. The molecule has 0 atom stereocenters. The minimum Gasteiger partial charge on any atom is -0.295 e. The van der Waals surface area contributed by atoms with Gasteiger partial charge in [-0.2, -0.15) is 0 Å². The first-order chi connectivity index (χ1) is 13.3. The van der Waals surface area contributed by atoms with Gasteiger partial charge in [-0.25, -0.2) is 4.79 Å². The van der Waals surface area contributed by atoms with Crippen LogP contribution in [0.2, 0.25) is 0 Å². The van der Waals surface area contributed by atoms with Crippen LogP contribution in [-0.4, -0.2) is 25.2 Å². The summed E-state index contributed by atoms with van der Waals surface area (Å²) in [5.41, 5.74) is 3.11. The molecule has 1 aliphatic heterocycles. The van der Waals surface area contributed by atoms with Gasteiger partial charge in [0.15, 0.2) is 0 Å². The average molecular weight is 458 g/mol. The molecule has 4 rings (SSSR count). The quantitative estimate of drug-likeness (QED) is 0.559. The number of rotatable bonds is 3. The molecule has 2 amide bonds. The lowest BCUT2D eigenvalue weighted by atomic mass is 10.1. The number of benzene rings is 2. The van der Waals surface area contributed by atoms with Crippen LogP contribution in [0.3, 0.4) is 0 Å². The van der Waals surface area contributed by atoms with E-state index in [4.69, 9.17) is 0 Å². The topological polar surface area (TPSA) is 64.3 Å². The van der Waals surface area contributed by atoms with Gasteiger partial charge in [-0.15, -0.1) is 0 Å². The van der Waals surface area contributed by atoms with Crippen LogP contribution in [0, 0.1) is 0 Å². The maximum atomic E-state index is 12.7. The molecule has 3 aromatic rings. The third-order valence-corrected chi connectivity index (χ3v) is 6.10. The molecule has 2 aromatic carbocycles. The van der Waals surface area contributed by atoms with Crippen LogP contribution in [0.1, 0.15) is 11.1 Å². The summed E-state index contributed by atoms with van der Waals surface area (Å²) in [6.45, 7) is 0.230. The number of aryl methyl sites for hydroxylation is 2. The van der Waals surface area contributed by atoms with E-state index in [1.165, 1.54) is 4.90 Å². The third kappa shape index (κ3) is 3.22. The summed E-state index contributed by atoms with van der Waals surface area (Å²) >= 11 is 4.33. The van der Waals surface area contributed by atoms with Crippen molar-refractivity contribution >= 4 is 55.9 Å². The zero-order valence-electron chi connectivity index (χ0n) is 15.2. The SMILES string of the molecule is Cn1c(=O)n(C)c2cc(/C=C3/SC(=O)N(Cc4cccc(Br)c4)C3=O)ccc21. The summed E-state index contributed by atoms with van der Waals surface area (Å²) in [5, 5.41) is -0.288. The lowest BCUT2D eigenvalue weighted by Gasteiger charge is -2.12. The van der Waals surface area contributed by atoms with Gasteiger partial charge in [0.25, 0.3) is 11.1 Å². The molecule has 1 aliphatic rings. The monoisotopic (exact) mass is 457 g/mol. The lowest BCUT2D eigenvalue weighted by Crippen LogP contribution is -2.27. The van der Waals surface area contributed by atoms with Gasteiger partial charge in [0.05, 0.1) is 22.5 Å². The fourth-order valence-corrected chi connectivity index (χ4v) is 4.50. The molecule has 0 saturated carbocycles. The van der Waals surface area contributed by atoms with Gasteiger partial charge in [-0.1, -0.05) is 34.1 Å². The van der Waals surface area contributed by atoms with E-state index in [9.17, 15) is 14.4 Å². The second-order valence-electron chi connectivity index (χ2n) is 6.55. The van der Waals surface area contributed by atoms with Gasteiger partial charge in [-0.3, -0.25) is 23.6 Å². The first-order valence-electron chi connectivity index (χ1n) is 8.50. The van der Waals surface area contributed by atoms with Crippen molar-refractivity contribution in [1.29, 1.82) is 0 Å². The number of fused-ring (bicyclic) bond motifs is 1. The first kappa shape index (κ1) is 18.8. The zero-order chi connectivity index (χ0) is 20.0. The van der Waals surface area contributed by atoms with Crippen molar-refractivity contribution in [3.63, 3.8) is 0 Å². The van der Waals surface area contributed by atoms with Crippen LogP contribution in [0.4, 0.5) is 4.79 Å². The maximum Gasteiger partial charge on any atom is 0.328 e. The largest absolute Gasteiger partial charge is 0.328 e. The molecule has 0 unspecified atom stereocenters. The summed E-state index contributed by atoms with van der Waals surface area (Å²) in [4.78, 5) is 38.8. The van der Waals surface area contributed by atoms with Gasteiger partial charge in [0, 0.05) is 18.6 Å². The molecule has 0 bridgehead atoms. The third-order valence-electron chi connectivity index (χ3n) is 4.70. The fraction of sp³-hybridized carbons (Fsp3) is 0.150. The molecule has 1 saturated heterocycles. The standard InChI is InChI=1S/C20H16BrN3O3S/c1-22-15-7-6-12(9-16(15)23(2)19(22)26)10-17-18(25)24(20(27)28-17)11-13-4-3-5-14(21)8-13/h3-10H,11H2,1-2H3/b17-10+. The number of imide groups is 1. The second-order valence-corrected chi connectivity index (χ2v) is 8.46. The molecule has 8 heteroatoms. The van der Waals surface area contributed by atoms with Crippen LogP contribution >= 0.6 is 27.7 Å². The van der Waals surface area contributed by atoms with Crippen LogP contribution in [0.15, 0.2) is 56.6 Å². The van der Waals surface area contributed by atoms with E-state index in [0.29, 0.717) is 4.91 Å². The molecular formula is C20H16BrN3O3S. The summed E-state index contributed by atoms with van der Waals surface area (Å²) in [6, 6.07) is 13.0. The Balaban J connectivity index is 1.64. The number of aromatic nitrogens is 2. The highest BCUT2D eigenvalue weighted by atomic mass is 79.9. The number of halogens is 1. The highest BCUT2D eigenvalue weighted by molar-refractivity contribution is 9.10. The predicted molar refractivity (Wildman–Crippen MR) is 114 cm³/mol. The highest BCUT2D eigenvalue weighted by Gasteiger charge is 2.35. The Bertz CT molecular complexity index is 1230. The fourth-order valence-electron chi connectivity index (χ4n) is 3.22. The van der Waals surface area contributed by atoms with Crippen LogP contribution < -0.4 is 5.69 Å². The van der Waals surface area contributed by atoms with Crippen molar-refractivity contribution in [2.45, 2.75) is 6.54 Å². The Labute approximate surface area is 173 Å². The molecule has 28 heavy (non-hydrogen) atoms. The zero-order valence-corrected chi connectivity index (χ0v) is 17.6. The summed E-state index contributed by atoms with van der Waals surface area (Å²) in [5.74, 6) is -0.308. The number of amides is 2. The van der Waals surface area contributed by atoms with E-state index >= 15 is 0 Å². The van der Waals surface area contributed by atoms with Gasteiger partial charge in [0.1, 0.15) is 0 Å². The van der Waals surface area contributed by atoms with Crippen molar-refractivity contribution in [1.82, 2.24) is 14.0 Å². The van der Waals surface area contributed by atoms with E-state index in [1.807, 2.05) is 42.5 Å². The van der Waals surface area contributed by atoms with E-state index in [0.717, 1.165) is 38.4 Å². The van der Waals surface area contributed by atoms with Crippen molar-refractivity contribution in [2.75, 3.05) is 0 Å². The minimum atomic E-state index is -0.308. The van der Waals surface area contributed by atoms with Crippen LogP contribution in [0.5, 0.6) is 0 Å². The summed E-state index contributed by atoms with van der Waals surface area (Å²) < 4.78 is 4.03. The summed E-state index contributed by atoms with van der Waals surface area (Å²) in [6.07, 6.45) is 1.70. The summed E-state index contributed by atoms with van der Waals surface area (Å²) in [7, 11) is 3.43. The maximum absolute atomic E-state index is 12.7. The van der Waals surface area contributed by atoms with E-state index < -0.39 is 0 Å². The molecule has 1 fully saturated rings. The number of nitrogens with zero attached hydrogens (tertiary/aromatic N) is 3. The molecule has 0 N–H and O–H groups in total. The number of imidazole rings is 1. The van der Waals surface area contributed by atoms with Gasteiger partial charge >= 0.3 is 5.69 Å². The minimum absolute atomic E-state index is 0.110. The van der Waals surface area contributed by atoms with Crippen molar-refractivity contribution < 1.29 is 9.59 Å². The average Bonchev–Trinajstić information content (AvgIpc) is 3.05. The Morgan fingerprint density at radius 1 is 1.00 bits per heavy atom. The Kier molecular flexibility index (Phi) is 4.76. The smallest absolute Gasteiger partial charge is 0.295 e. The molecule has 0 aliphatic carbocycles. The van der Waals surface area contributed by atoms with Gasteiger partial charge in [-0.05, 0) is 53.2 Å². The van der Waals surface area contributed by atoms with E-state index in [-0.39, 0.29) is 23.4 Å². The van der Waals surface area contributed by atoms with Crippen LogP contribution in [0.25, 0.3) is 17.1 Å². The first-order valence-corrected chi connectivity index (χ1v) is 10.1. The number of carbonyl (C=O) groups excluding carboxylic acids is 2.